The Morgan fingerprint density at radius 3 is 2.56 bits per heavy atom. The van der Waals surface area contributed by atoms with E-state index in [1.165, 1.54) is 0 Å². The zero-order valence-corrected chi connectivity index (χ0v) is 23.7. The lowest BCUT2D eigenvalue weighted by Gasteiger charge is -2.17. The van der Waals surface area contributed by atoms with Gasteiger partial charge < -0.3 is 15.2 Å². The number of aromatic amines is 1. The van der Waals surface area contributed by atoms with Crippen molar-refractivity contribution in [3.05, 3.63) is 82.0 Å². The van der Waals surface area contributed by atoms with E-state index in [2.05, 4.69) is 41.2 Å². The molecule has 1 amide bonds. The van der Waals surface area contributed by atoms with Gasteiger partial charge in [-0.15, -0.1) is 11.3 Å². The third-order valence-corrected chi connectivity index (χ3v) is 8.33. The molecule has 1 aliphatic heterocycles. The Labute approximate surface area is 233 Å². The van der Waals surface area contributed by atoms with Gasteiger partial charge in [0.1, 0.15) is 5.01 Å². The number of H-pyrrole nitrogens is 1. The Morgan fingerprint density at radius 2 is 1.82 bits per heavy atom. The fourth-order valence-electron chi connectivity index (χ4n) is 5.23. The van der Waals surface area contributed by atoms with Gasteiger partial charge in [0, 0.05) is 51.1 Å². The Kier molecular flexibility index (Phi) is 7.91. The van der Waals surface area contributed by atoms with Crippen molar-refractivity contribution in [3.8, 4) is 21.8 Å². The highest BCUT2D eigenvalue weighted by Gasteiger charge is 2.26. The molecular formula is C32H34N4O2S. The smallest absolute Gasteiger partial charge is 0.256 e. The van der Waals surface area contributed by atoms with Crippen LogP contribution in [0.4, 0.5) is 5.69 Å². The van der Waals surface area contributed by atoms with Crippen LogP contribution in [-0.2, 0) is 4.79 Å². The summed E-state index contributed by atoms with van der Waals surface area (Å²) < 4.78 is 0. The molecule has 2 N–H and O–H groups in total. The zero-order valence-electron chi connectivity index (χ0n) is 22.9. The van der Waals surface area contributed by atoms with E-state index >= 15 is 0 Å². The topological polar surface area (TPSA) is 78.1 Å². The third-order valence-electron chi connectivity index (χ3n) is 7.44. The lowest BCUT2D eigenvalue weighted by molar-refractivity contribution is -0.110. The molecule has 1 aliphatic rings. The van der Waals surface area contributed by atoms with Crippen LogP contribution in [-0.4, -0.2) is 46.2 Å². The van der Waals surface area contributed by atoms with Gasteiger partial charge in [0.15, 0.2) is 5.78 Å². The number of anilines is 1. The number of aryl methyl sites for hydroxylation is 1. The molecule has 0 saturated carbocycles. The van der Waals surface area contributed by atoms with Gasteiger partial charge in [0.05, 0.1) is 11.3 Å². The van der Waals surface area contributed by atoms with E-state index in [9.17, 15) is 9.59 Å². The summed E-state index contributed by atoms with van der Waals surface area (Å²) in [5, 5.41) is 6.02. The lowest BCUT2D eigenvalue weighted by Crippen LogP contribution is -2.24. The van der Waals surface area contributed by atoms with Crippen molar-refractivity contribution in [1.29, 1.82) is 0 Å². The number of Topliss-reactive ketones (excluding diaryl/α,β-unsaturated/α-hetero) is 1. The number of amides is 1. The summed E-state index contributed by atoms with van der Waals surface area (Å²) in [6.07, 6.45) is 3.22. The van der Waals surface area contributed by atoms with Gasteiger partial charge in [-0.1, -0.05) is 56.3 Å². The van der Waals surface area contributed by atoms with Crippen molar-refractivity contribution in [2.45, 2.75) is 40.5 Å². The maximum Gasteiger partial charge on any atom is 0.256 e. The number of fused-ring (bicyclic) bond motifs is 1. The first-order valence-corrected chi connectivity index (χ1v) is 14.4. The molecule has 0 aliphatic carbocycles. The summed E-state index contributed by atoms with van der Waals surface area (Å²) in [5.74, 6) is 0.00117. The van der Waals surface area contributed by atoms with Crippen molar-refractivity contribution in [1.82, 2.24) is 14.9 Å². The number of thiazole rings is 1. The normalized spacial score (nSPS) is 13.8. The summed E-state index contributed by atoms with van der Waals surface area (Å²) in [7, 11) is 0. The van der Waals surface area contributed by atoms with Crippen LogP contribution >= 0.6 is 11.3 Å². The predicted molar refractivity (Wildman–Crippen MR) is 161 cm³/mol. The van der Waals surface area contributed by atoms with Gasteiger partial charge >= 0.3 is 0 Å². The number of hydrogen-bond acceptors (Lipinski definition) is 5. The van der Waals surface area contributed by atoms with Crippen LogP contribution in [0.2, 0.25) is 0 Å². The third kappa shape index (κ3) is 5.51. The molecule has 5 rings (SSSR count). The summed E-state index contributed by atoms with van der Waals surface area (Å²) in [6.45, 7) is 11.1. The number of rotatable bonds is 10. The second-order valence-electron chi connectivity index (χ2n) is 9.89. The van der Waals surface area contributed by atoms with Gasteiger partial charge in [0.25, 0.3) is 5.91 Å². The van der Waals surface area contributed by atoms with E-state index in [0.29, 0.717) is 12.0 Å². The number of carbonyl (C=O) groups excluding carboxylic acids is 2. The molecule has 0 fully saturated rings. The van der Waals surface area contributed by atoms with Crippen LogP contribution in [0.15, 0.2) is 53.9 Å². The molecule has 4 aromatic rings. The van der Waals surface area contributed by atoms with Gasteiger partial charge in [0.2, 0.25) is 0 Å². The van der Waals surface area contributed by atoms with Crippen molar-refractivity contribution < 1.29 is 9.59 Å². The molecule has 0 spiro atoms. The van der Waals surface area contributed by atoms with E-state index < -0.39 is 0 Å². The van der Waals surface area contributed by atoms with Gasteiger partial charge in [-0.05, 0) is 57.6 Å². The molecule has 0 atom stereocenters. The molecule has 0 saturated heterocycles. The molecule has 0 unspecified atom stereocenters. The van der Waals surface area contributed by atoms with Crippen molar-refractivity contribution >= 4 is 40.4 Å². The van der Waals surface area contributed by atoms with Crippen LogP contribution < -0.4 is 5.32 Å². The van der Waals surface area contributed by atoms with Crippen LogP contribution in [0.3, 0.4) is 0 Å². The van der Waals surface area contributed by atoms with Crippen LogP contribution in [0, 0.1) is 13.8 Å². The first kappa shape index (κ1) is 26.8. The van der Waals surface area contributed by atoms with Crippen LogP contribution in [0.25, 0.3) is 33.5 Å². The fraction of sp³-hybridized carbons (Fsp3) is 0.281. The highest BCUT2D eigenvalue weighted by Crippen LogP contribution is 2.38. The number of nitrogens with one attached hydrogen (secondary N) is 2. The fourth-order valence-corrected chi connectivity index (χ4v) is 6.06. The average molecular weight is 539 g/mol. The Balaban J connectivity index is 1.37. The first-order valence-electron chi connectivity index (χ1n) is 13.5. The quantitative estimate of drug-likeness (QED) is 0.165. The Bertz CT molecular complexity index is 1540. The van der Waals surface area contributed by atoms with Crippen LogP contribution in [0.5, 0.6) is 0 Å². The average Bonchev–Trinajstić information content (AvgIpc) is 3.63. The molecule has 3 heterocycles. The van der Waals surface area contributed by atoms with Gasteiger partial charge in [-0.2, -0.15) is 0 Å². The summed E-state index contributed by atoms with van der Waals surface area (Å²) in [4.78, 5) is 36.6. The minimum atomic E-state index is -0.149. The largest absolute Gasteiger partial charge is 0.358 e. The number of hydrogen-bond donors (Lipinski definition) is 2. The maximum atomic E-state index is 13.1. The molecule has 2 aromatic carbocycles. The standard InChI is InChI=1S/C32H34N4O2S/c1-5-36(6-2)16-10-13-29(37)30-20(3)26(33-21(30)4)18-25-24-15-14-23(17-27(24)34-31(25)38)28-19-39-32(35-28)22-11-8-7-9-12-22/h7-9,11-12,14-15,17-19,33H,5-6,10,13,16H2,1-4H3,(H,34,38)/b25-18-. The van der Waals surface area contributed by atoms with E-state index in [4.69, 9.17) is 4.98 Å². The number of carbonyl (C=O) groups is 2. The second kappa shape index (κ2) is 11.5. The molecular weight excluding hydrogens is 504 g/mol. The molecule has 6 nitrogen and oxygen atoms in total. The van der Waals surface area contributed by atoms with Gasteiger partial charge in [-0.25, -0.2) is 4.98 Å². The predicted octanol–water partition coefficient (Wildman–Crippen LogP) is 7.22. The van der Waals surface area contributed by atoms with Crippen molar-refractivity contribution in [3.63, 3.8) is 0 Å². The van der Waals surface area contributed by atoms with Crippen LogP contribution in [0.1, 0.15) is 59.6 Å². The minimum absolute atomic E-state index is 0.149. The van der Waals surface area contributed by atoms with E-state index in [1.54, 1.807) is 11.3 Å². The molecule has 0 radical (unpaired) electrons. The van der Waals surface area contributed by atoms with Gasteiger partial charge in [-0.3, -0.25) is 9.59 Å². The summed E-state index contributed by atoms with van der Waals surface area (Å²) in [5.41, 5.74) is 8.41. The maximum absolute atomic E-state index is 13.1. The highest BCUT2D eigenvalue weighted by molar-refractivity contribution is 7.13. The Morgan fingerprint density at radius 1 is 1.05 bits per heavy atom. The van der Waals surface area contributed by atoms with Crippen molar-refractivity contribution in [2.75, 3.05) is 25.0 Å². The zero-order chi connectivity index (χ0) is 27.5. The van der Waals surface area contributed by atoms with E-state index in [-0.39, 0.29) is 11.7 Å². The Hall–Kier alpha value is -3.81. The SMILES string of the molecule is CCN(CC)CCCC(=O)c1c(C)[nH]c(/C=C2\C(=O)Nc3cc(-c4csc(-c5ccccc5)n4)ccc32)c1C. The monoisotopic (exact) mass is 538 g/mol. The van der Waals surface area contributed by atoms with E-state index in [1.807, 2.05) is 61.7 Å². The highest BCUT2D eigenvalue weighted by atomic mass is 32.1. The molecule has 200 valence electrons. The second-order valence-corrected chi connectivity index (χ2v) is 10.8. The number of ketones is 1. The van der Waals surface area contributed by atoms with E-state index in [0.717, 1.165) is 81.6 Å². The summed E-state index contributed by atoms with van der Waals surface area (Å²) in [6, 6.07) is 16.1. The number of aromatic nitrogens is 2. The number of benzene rings is 2. The first-order chi connectivity index (χ1) is 18.9. The molecule has 39 heavy (non-hydrogen) atoms. The molecule has 2 aromatic heterocycles. The molecule has 0 bridgehead atoms. The van der Waals surface area contributed by atoms with Crippen molar-refractivity contribution in [2.24, 2.45) is 0 Å². The number of nitrogens with zero attached hydrogens (tertiary/aromatic N) is 2. The minimum Gasteiger partial charge on any atom is -0.358 e. The molecule has 7 heteroatoms. The summed E-state index contributed by atoms with van der Waals surface area (Å²) >= 11 is 1.61. The lowest BCUT2D eigenvalue weighted by atomic mass is 9.99.